The number of ketones is 1. The summed E-state index contributed by atoms with van der Waals surface area (Å²) in [4.78, 5) is 28.0. The first kappa shape index (κ1) is 19.2. The summed E-state index contributed by atoms with van der Waals surface area (Å²) in [5.74, 6) is 0.262. The minimum atomic E-state index is -0.424. The van der Waals surface area contributed by atoms with Gasteiger partial charge in [0.25, 0.3) is 5.22 Å². The van der Waals surface area contributed by atoms with Crippen LogP contribution in [0.15, 0.2) is 39.3 Å². The van der Waals surface area contributed by atoms with Gasteiger partial charge < -0.3 is 9.73 Å². The molecule has 140 valence electrons. The molecule has 2 heterocycles. The lowest BCUT2D eigenvalue weighted by atomic mass is 10.1. The van der Waals surface area contributed by atoms with Gasteiger partial charge in [0.2, 0.25) is 11.8 Å². The predicted octanol–water partition coefficient (Wildman–Crippen LogP) is 3.75. The van der Waals surface area contributed by atoms with Gasteiger partial charge >= 0.3 is 0 Å². The number of hydrogen-bond donors (Lipinski definition) is 1. The van der Waals surface area contributed by atoms with Crippen LogP contribution in [0.2, 0.25) is 0 Å². The minimum Gasteiger partial charge on any atom is -0.416 e. The molecule has 0 unspecified atom stereocenters. The van der Waals surface area contributed by atoms with Crippen LogP contribution in [0.4, 0.5) is 5.69 Å². The van der Waals surface area contributed by atoms with Crippen molar-refractivity contribution in [3.05, 3.63) is 51.8 Å². The number of nitrogens with zero attached hydrogens (tertiary/aromatic N) is 3. The van der Waals surface area contributed by atoms with Crippen molar-refractivity contribution in [2.75, 3.05) is 5.32 Å². The number of carbonyl (C=O) groups is 2. The molecule has 3 aromatic rings. The second-order valence-corrected chi connectivity index (χ2v) is 8.23. The number of nitrogens with one attached hydrogen (secondary N) is 1. The van der Waals surface area contributed by atoms with Gasteiger partial charge in [-0.25, -0.2) is 4.98 Å². The molecule has 0 fully saturated rings. The fraction of sp³-hybridized carbons (Fsp3) is 0.278. The summed E-state index contributed by atoms with van der Waals surface area (Å²) >= 11 is 2.76. The van der Waals surface area contributed by atoms with E-state index >= 15 is 0 Å². The fourth-order valence-electron chi connectivity index (χ4n) is 2.24. The SMILES string of the molecule is CC(=O)c1ccc(NC(=O)[C@@H](C)Sc2nnc(Cc3csc(C)n3)o2)cc1. The Kier molecular flexibility index (Phi) is 6.02. The van der Waals surface area contributed by atoms with Crippen molar-refractivity contribution in [1.82, 2.24) is 15.2 Å². The van der Waals surface area contributed by atoms with E-state index in [2.05, 4.69) is 20.5 Å². The van der Waals surface area contributed by atoms with Gasteiger partial charge in [0.1, 0.15) is 0 Å². The zero-order valence-corrected chi connectivity index (χ0v) is 16.7. The number of aryl methyl sites for hydroxylation is 1. The van der Waals surface area contributed by atoms with Crippen LogP contribution in [0.5, 0.6) is 0 Å². The molecule has 2 aromatic heterocycles. The highest BCUT2D eigenvalue weighted by Crippen LogP contribution is 2.24. The molecule has 9 heteroatoms. The summed E-state index contributed by atoms with van der Waals surface area (Å²) in [6.45, 7) is 5.20. The van der Waals surface area contributed by atoms with E-state index in [9.17, 15) is 9.59 Å². The van der Waals surface area contributed by atoms with Crippen LogP contribution in [0.3, 0.4) is 0 Å². The van der Waals surface area contributed by atoms with E-state index in [-0.39, 0.29) is 11.7 Å². The number of thioether (sulfide) groups is 1. The molecular weight excluding hydrogens is 384 g/mol. The molecule has 3 rings (SSSR count). The quantitative estimate of drug-likeness (QED) is 0.475. The van der Waals surface area contributed by atoms with Gasteiger partial charge in [-0.3, -0.25) is 9.59 Å². The maximum atomic E-state index is 12.3. The summed E-state index contributed by atoms with van der Waals surface area (Å²) in [6.07, 6.45) is 0.473. The smallest absolute Gasteiger partial charge is 0.277 e. The number of hydrogen-bond acceptors (Lipinski definition) is 8. The van der Waals surface area contributed by atoms with E-state index in [0.717, 1.165) is 10.7 Å². The van der Waals surface area contributed by atoms with E-state index in [1.54, 1.807) is 42.5 Å². The Labute approximate surface area is 164 Å². The topological polar surface area (TPSA) is 98.0 Å². The monoisotopic (exact) mass is 402 g/mol. The van der Waals surface area contributed by atoms with Gasteiger partial charge in [-0.15, -0.1) is 21.5 Å². The summed E-state index contributed by atoms with van der Waals surface area (Å²) in [5.41, 5.74) is 2.11. The molecule has 0 spiro atoms. The summed E-state index contributed by atoms with van der Waals surface area (Å²) in [7, 11) is 0. The van der Waals surface area contributed by atoms with E-state index < -0.39 is 5.25 Å². The first-order chi connectivity index (χ1) is 12.9. The molecule has 0 aliphatic carbocycles. The molecule has 0 radical (unpaired) electrons. The van der Waals surface area contributed by atoms with Crippen molar-refractivity contribution >= 4 is 40.5 Å². The first-order valence-corrected chi connectivity index (χ1v) is 9.98. The molecule has 1 N–H and O–H groups in total. The van der Waals surface area contributed by atoms with Crippen LogP contribution in [0.25, 0.3) is 0 Å². The second kappa shape index (κ2) is 8.45. The zero-order chi connectivity index (χ0) is 19.4. The average Bonchev–Trinajstić information content (AvgIpc) is 3.24. The summed E-state index contributed by atoms with van der Waals surface area (Å²) in [6, 6.07) is 6.76. The van der Waals surface area contributed by atoms with Gasteiger partial charge in [0.05, 0.1) is 22.4 Å². The molecule has 0 saturated heterocycles. The van der Waals surface area contributed by atoms with Crippen LogP contribution in [-0.2, 0) is 11.2 Å². The van der Waals surface area contributed by atoms with E-state index in [4.69, 9.17) is 4.42 Å². The molecule has 27 heavy (non-hydrogen) atoms. The van der Waals surface area contributed by atoms with Crippen molar-refractivity contribution < 1.29 is 14.0 Å². The highest BCUT2D eigenvalue weighted by atomic mass is 32.2. The molecule has 1 atom stereocenters. The van der Waals surface area contributed by atoms with Crippen molar-refractivity contribution in [3.63, 3.8) is 0 Å². The lowest BCUT2D eigenvalue weighted by Gasteiger charge is -2.10. The number of benzene rings is 1. The Morgan fingerprint density at radius 3 is 2.63 bits per heavy atom. The second-order valence-electron chi connectivity index (χ2n) is 5.88. The third-order valence-electron chi connectivity index (χ3n) is 3.65. The van der Waals surface area contributed by atoms with E-state index in [1.807, 2.05) is 12.3 Å². The number of carbonyl (C=O) groups excluding carboxylic acids is 2. The van der Waals surface area contributed by atoms with Gasteiger partial charge in [-0.2, -0.15) is 0 Å². The van der Waals surface area contributed by atoms with Crippen LogP contribution in [0.1, 0.15) is 40.8 Å². The standard InChI is InChI=1S/C18H18N4O3S2/c1-10(23)13-4-6-14(7-5-13)20-17(24)11(2)27-18-22-21-16(25-18)8-15-9-26-12(3)19-15/h4-7,9,11H,8H2,1-3H3,(H,20,24)/t11-/m1/s1. The fourth-order valence-corrected chi connectivity index (χ4v) is 3.55. The minimum absolute atomic E-state index is 0.0168. The van der Waals surface area contributed by atoms with Crippen LogP contribution < -0.4 is 5.32 Å². The number of anilines is 1. The molecule has 0 aliphatic heterocycles. The number of rotatable bonds is 7. The van der Waals surface area contributed by atoms with Gasteiger partial charge in [0, 0.05) is 16.6 Å². The molecule has 0 aliphatic rings. The predicted molar refractivity (Wildman–Crippen MR) is 104 cm³/mol. The Balaban J connectivity index is 1.55. The van der Waals surface area contributed by atoms with Crippen molar-refractivity contribution in [2.24, 2.45) is 0 Å². The molecule has 7 nitrogen and oxygen atoms in total. The molecule has 1 amide bonds. The molecule has 0 saturated carbocycles. The number of thiazole rings is 1. The lowest BCUT2D eigenvalue weighted by Crippen LogP contribution is -2.22. The third-order valence-corrected chi connectivity index (χ3v) is 5.41. The normalized spacial score (nSPS) is 12.0. The lowest BCUT2D eigenvalue weighted by molar-refractivity contribution is -0.115. The molecule has 0 bridgehead atoms. The Bertz CT molecular complexity index is 950. The third kappa shape index (κ3) is 5.24. The number of Topliss-reactive ketones (excluding diaryl/α,β-unsaturated/α-hetero) is 1. The summed E-state index contributed by atoms with van der Waals surface area (Å²) in [5, 5.41) is 13.7. The highest BCUT2D eigenvalue weighted by molar-refractivity contribution is 8.00. The highest BCUT2D eigenvalue weighted by Gasteiger charge is 2.19. The maximum Gasteiger partial charge on any atom is 0.277 e. The Hall–Kier alpha value is -2.52. The summed E-state index contributed by atoms with van der Waals surface area (Å²) < 4.78 is 5.60. The largest absolute Gasteiger partial charge is 0.416 e. The van der Waals surface area contributed by atoms with Gasteiger partial charge in [-0.05, 0) is 45.0 Å². The van der Waals surface area contributed by atoms with E-state index in [0.29, 0.717) is 28.8 Å². The van der Waals surface area contributed by atoms with Crippen LogP contribution in [-0.4, -0.2) is 32.1 Å². The van der Waals surface area contributed by atoms with E-state index in [1.165, 1.54) is 18.7 Å². The van der Waals surface area contributed by atoms with Gasteiger partial charge in [0.15, 0.2) is 5.78 Å². The molecular formula is C18H18N4O3S2. The van der Waals surface area contributed by atoms with Gasteiger partial charge in [-0.1, -0.05) is 11.8 Å². The Morgan fingerprint density at radius 1 is 1.26 bits per heavy atom. The van der Waals surface area contributed by atoms with Crippen molar-refractivity contribution in [1.29, 1.82) is 0 Å². The number of amides is 1. The number of aromatic nitrogens is 3. The maximum absolute atomic E-state index is 12.3. The van der Waals surface area contributed by atoms with Crippen molar-refractivity contribution in [3.8, 4) is 0 Å². The first-order valence-electron chi connectivity index (χ1n) is 8.22. The van der Waals surface area contributed by atoms with Crippen LogP contribution >= 0.6 is 23.1 Å². The average molecular weight is 403 g/mol. The van der Waals surface area contributed by atoms with Crippen LogP contribution in [0, 0.1) is 6.92 Å². The zero-order valence-electron chi connectivity index (χ0n) is 15.1. The van der Waals surface area contributed by atoms with Crippen molar-refractivity contribution in [2.45, 2.75) is 37.7 Å². The Morgan fingerprint density at radius 2 is 2.00 bits per heavy atom. The molecule has 1 aromatic carbocycles.